The highest BCUT2D eigenvalue weighted by atomic mass is 16.4. The highest BCUT2D eigenvalue weighted by Gasteiger charge is 2.37. The van der Waals surface area contributed by atoms with Crippen molar-refractivity contribution in [2.75, 3.05) is 13.1 Å². The molecule has 0 saturated carbocycles. The van der Waals surface area contributed by atoms with Gasteiger partial charge in [-0.25, -0.2) is 4.79 Å². The summed E-state index contributed by atoms with van der Waals surface area (Å²) in [6, 6.07) is -8.49. The third kappa shape index (κ3) is 23.5. The number of aliphatic hydroxyl groups is 1. The summed E-state index contributed by atoms with van der Waals surface area (Å²) in [5.74, 6) is -19.1. The molecule has 0 aliphatic heterocycles. The van der Waals surface area contributed by atoms with Crippen molar-refractivity contribution >= 4 is 93.9 Å². The Morgan fingerprint density at radius 2 is 1.00 bits per heavy atom. The van der Waals surface area contributed by atoms with E-state index in [9.17, 15) is 92.7 Å². The summed E-state index contributed by atoms with van der Waals surface area (Å²) >= 11 is 0. The van der Waals surface area contributed by atoms with E-state index in [1.165, 1.54) is 33.9 Å². The number of hydrogen-bond acceptors (Lipinski definition) is 17. The number of para-hydroxylation sites is 1. The zero-order valence-corrected chi connectivity index (χ0v) is 45.8. The van der Waals surface area contributed by atoms with Gasteiger partial charge < -0.3 is 95.6 Å². The van der Waals surface area contributed by atoms with Crippen LogP contribution in [0.1, 0.15) is 91.5 Å². The fourth-order valence-corrected chi connectivity index (χ4v) is 7.90. The summed E-state index contributed by atoms with van der Waals surface area (Å²) in [7, 11) is 0. The van der Waals surface area contributed by atoms with Gasteiger partial charge >= 0.3 is 23.9 Å². The van der Waals surface area contributed by atoms with Gasteiger partial charge in [0.25, 0.3) is 0 Å². The van der Waals surface area contributed by atoms with Crippen LogP contribution in [-0.4, -0.2) is 187 Å². The zero-order valence-electron chi connectivity index (χ0n) is 45.8. The first kappa shape index (κ1) is 69.3. The predicted octanol–water partition coefficient (Wildman–Crippen LogP) is -5.37. The second-order valence-electron chi connectivity index (χ2n) is 19.9. The maximum Gasteiger partial charge on any atom is 0.326 e. The quantitative estimate of drug-likeness (QED) is 0.0281. The van der Waals surface area contributed by atoms with E-state index in [-0.39, 0.29) is 12.8 Å². The molecule has 10 amide bonds. The van der Waals surface area contributed by atoms with Gasteiger partial charge in [-0.2, -0.15) is 0 Å². The van der Waals surface area contributed by atoms with Crippen LogP contribution in [0.4, 0.5) is 0 Å². The Labute approximate surface area is 469 Å². The Hall–Kier alpha value is -8.78. The van der Waals surface area contributed by atoms with Crippen molar-refractivity contribution in [1.29, 1.82) is 0 Å². The second kappa shape index (κ2) is 33.7. The van der Waals surface area contributed by atoms with Gasteiger partial charge in [0, 0.05) is 29.9 Å². The van der Waals surface area contributed by atoms with E-state index < -0.39 is 194 Å². The van der Waals surface area contributed by atoms with Crippen LogP contribution in [0.2, 0.25) is 0 Å². The molecule has 32 heteroatoms. The number of nitrogens with two attached hydrogens (primary N) is 3. The number of amides is 10. The van der Waals surface area contributed by atoms with Gasteiger partial charge in [0.1, 0.15) is 48.3 Å². The molecule has 32 nitrogen and oxygen atoms in total. The van der Waals surface area contributed by atoms with Crippen molar-refractivity contribution < 1.29 is 92.7 Å². The molecule has 2 rings (SSSR count). The van der Waals surface area contributed by atoms with Crippen molar-refractivity contribution in [2.45, 2.75) is 153 Å². The Balaban J connectivity index is 2.31. The molecule has 82 heavy (non-hydrogen) atoms. The van der Waals surface area contributed by atoms with Crippen LogP contribution in [0.15, 0.2) is 30.5 Å². The van der Waals surface area contributed by atoms with Crippen molar-refractivity contribution in [3.63, 3.8) is 0 Å². The van der Waals surface area contributed by atoms with Crippen molar-refractivity contribution in [3.8, 4) is 0 Å². The summed E-state index contributed by atoms with van der Waals surface area (Å²) < 4.78 is 0. The molecule has 0 bridgehead atoms. The van der Waals surface area contributed by atoms with Crippen LogP contribution in [0, 0.1) is 11.8 Å². The number of carbonyl (C=O) groups is 14. The highest BCUT2D eigenvalue weighted by Crippen LogP contribution is 2.20. The standard InChI is InChI=1S/C50H75N13O19/c1-22(2)39(62-46(77)32(18-37(69)70)57-42(73)27(52)11-8-9-15-51)47(78)55-21-35(66)61-41(24(5)64)49(80)56-29(13-14-34(53)65)43(74)63-40(23(3)4)48(79)59-31(17-36(67)68)45(76)58-30(44(75)60-33(50(81)82)19-38(71)72)16-25-20-54-28-12-7-6-10-26(25)28/h6-7,10,12,20,22-24,27,29-33,39-41,54,64H,8-9,11,13-19,21,51-52H2,1-5H3,(H2,53,65)(H,55,78)(H,56,80)(H,57,73)(H,58,76)(H,59,79)(H,60,75)(H,61,66)(H,62,77)(H,63,74)(H,67,68)(H,69,70)(H,71,72)(H,81,82)/t24-,27+,29+,30+,31+,32+,33+,39+,40+,41+/m1/s1. The van der Waals surface area contributed by atoms with E-state index in [1.54, 1.807) is 24.3 Å². The van der Waals surface area contributed by atoms with Crippen LogP contribution < -0.4 is 65.1 Å². The van der Waals surface area contributed by atoms with Crippen LogP contribution in [0.25, 0.3) is 10.9 Å². The van der Waals surface area contributed by atoms with Crippen LogP contribution >= 0.6 is 0 Å². The molecule has 2 aromatic rings. The number of benzene rings is 1. The van der Waals surface area contributed by atoms with Crippen LogP contribution in [-0.2, 0) is 73.5 Å². The van der Waals surface area contributed by atoms with Gasteiger partial charge in [-0.3, -0.25) is 62.3 Å². The molecular formula is C50H75N13O19. The molecule has 0 unspecified atom stereocenters. The molecule has 1 aromatic carbocycles. The predicted molar refractivity (Wildman–Crippen MR) is 286 cm³/mol. The lowest BCUT2D eigenvalue weighted by Crippen LogP contribution is -2.61. The minimum absolute atomic E-state index is 0.183. The Kier molecular flexibility index (Phi) is 28.5. The minimum atomic E-state index is -2.01. The first-order valence-electron chi connectivity index (χ1n) is 25.9. The van der Waals surface area contributed by atoms with E-state index in [1.807, 2.05) is 5.32 Å². The highest BCUT2D eigenvalue weighted by molar-refractivity contribution is 6.00. The molecule has 0 aliphatic rings. The number of carboxylic acid groups (broad SMARTS) is 4. The van der Waals surface area contributed by atoms with E-state index in [0.29, 0.717) is 35.9 Å². The molecule has 0 radical (unpaired) electrons. The van der Waals surface area contributed by atoms with E-state index in [2.05, 4.69) is 47.5 Å². The number of aliphatic carboxylic acids is 4. The first-order chi connectivity index (χ1) is 38.4. The third-order valence-corrected chi connectivity index (χ3v) is 12.4. The number of carboxylic acids is 4. The molecule has 21 N–H and O–H groups in total. The normalized spacial score (nSPS) is 14.8. The number of H-pyrrole nitrogens is 1. The number of carbonyl (C=O) groups excluding carboxylic acids is 10. The largest absolute Gasteiger partial charge is 0.481 e. The molecule has 0 fully saturated rings. The topological polar surface area (TPSA) is 542 Å². The fraction of sp³-hybridized carbons (Fsp3) is 0.560. The van der Waals surface area contributed by atoms with E-state index in [4.69, 9.17) is 17.2 Å². The number of primary amides is 1. The molecule has 0 aliphatic carbocycles. The molecule has 10 atom stereocenters. The zero-order chi connectivity index (χ0) is 62.1. The lowest BCUT2D eigenvalue weighted by Gasteiger charge is -2.29. The summed E-state index contributed by atoms with van der Waals surface area (Å²) in [6.07, 6.45) is -3.59. The van der Waals surface area contributed by atoms with Crippen molar-refractivity contribution in [3.05, 3.63) is 36.0 Å². The van der Waals surface area contributed by atoms with Gasteiger partial charge in [0.15, 0.2) is 0 Å². The van der Waals surface area contributed by atoms with Gasteiger partial charge in [-0.05, 0) is 56.2 Å². The molecular weight excluding hydrogens is 1090 g/mol. The summed E-state index contributed by atoms with van der Waals surface area (Å²) in [4.78, 5) is 183. The number of hydrogen-bond donors (Lipinski definition) is 18. The number of aromatic nitrogens is 1. The minimum Gasteiger partial charge on any atom is -0.481 e. The lowest BCUT2D eigenvalue weighted by molar-refractivity contribution is -0.147. The van der Waals surface area contributed by atoms with Crippen LogP contribution in [0.5, 0.6) is 0 Å². The summed E-state index contributed by atoms with van der Waals surface area (Å²) in [5, 5.41) is 69.5. The second-order valence-corrected chi connectivity index (χ2v) is 19.9. The number of nitrogens with one attached hydrogen (secondary N) is 10. The van der Waals surface area contributed by atoms with Gasteiger partial charge in [0.05, 0.1) is 38.0 Å². The maximum atomic E-state index is 14.0. The van der Waals surface area contributed by atoms with Gasteiger partial charge in [-0.15, -0.1) is 0 Å². The number of fused-ring (bicyclic) bond motifs is 1. The number of aliphatic hydroxyl groups excluding tert-OH is 1. The molecule has 0 saturated heterocycles. The third-order valence-electron chi connectivity index (χ3n) is 12.4. The smallest absolute Gasteiger partial charge is 0.326 e. The van der Waals surface area contributed by atoms with E-state index in [0.717, 1.165) is 6.92 Å². The molecule has 1 heterocycles. The van der Waals surface area contributed by atoms with Crippen LogP contribution in [0.3, 0.4) is 0 Å². The summed E-state index contributed by atoms with van der Waals surface area (Å²) in [6.45, 7) is 6.34. The fourth-order valence-electron chi connectivity index (χ4n) is 7.90. The van der Waals surface area contributed by atoms with Gasteiger partial charge in [0.2, 0.25) is 59.1 Å². The Bertz CT molecular complexity index is 2640. The van der Waals surface area contributed by atoms with Crippen molar-refractivity contribution in [2.24, 2.45) is 29.0 Å². The average Bonchev–Trinajstić information content (AvgIpc) is 3.85. The summed E-state index contributed by atoms with van der Waals surface area (Å²) in [5.41, 5.74) is 17.7. The van der Waals surface area contributed by atoms with E-state index >= 15 is 0 Å². The van der Waals surface area contributed by atoms with Crippen molar-refractivity contribution in [1.82, 2.24) is 52.8 Å². The Morgan fingerprint density at radius 1 is 0.537 bits per heavy atom. The monoisotopic (exact) mass is 1160 g/mol. The van der Waals surface area contributed by atoms with Gasteiger partial charge in [-0.1, -0.05) is 52.3 Å². The first-order valence-corrected chi connectivity index (χ1v) is 25.9. The Morgan fingerprint density at radius 3 is 1.52 bits per heavy atom. The number of rotatable bonds is 37. The lowest BCUT2D eigenvalue weighted by atomic mass is 10.0. The molecule has 1 aromatic heterocycles. The maximum absolute atomic E-state index is 14.0. The number of unbranched alkanes of at least 4 members (excludes halogenated alkanes) is 1. The molecule has 0 spiro atoms. The average molecular weight is 1160 g/mol. The SMILES string of the molecule is CC(C)[C@H](NC(=O)[C@H](CC(=O)O)NC(=O)[C@@H](N)CCCCN)C(=O)NCC(=O)N[C@H](C(=O)N[C@@H](CCC(N)=O)C(=O)N[C@H](C(=O)N[C@@H](CC(=O)O)C(=O)N[C@@H](Cc1c[nH]c2ccccc12)C(=O)N[C@@H](CC(=O)O)C(=O)O)C(C)C)[C@@H](C)O. The number of aromatic amines is 1. The molecule has 454 valence electrons.